The molecule has 28 heavy (non-hydrogen) atoms. The first-order valence-electron chi connectivity index (χ1n) is 8.08. The molecule has 2 N–H and O–H groups in total. The zero-order valence-corrected chi connectivity index (χ0v) is 14.5. The Kier molecular flexibility index (Phi) is 5.00. The lowest BCUT2D eigenvalue weighted by Gasteiger charge is -2.39. The molecule has 1 aliphatic rings. The van der Waals surface area contributed by atoms with Gasteiger partial charge in [-0.3, -0.25) is 19.1 Å². The zero-order chi connectivity index (χ0) is 20.6. The van der Waals surface area contributed by atoms with Gasteiger partial charge in [0.1, 0.15) is 0 Å². The number of rotatable bonds is 5. The van der Waals surface area contributed by atoms with Crippen molar-refractivity contribution in [2.24, 2.45) is 0 Å². The summed E-state index contributed by atoms with van der Waals surface area (Å²) in [6, 6.07) is 3.66. The number of hydrogen-bond donors (Lipinski definition) is 2. The van der Waals surface area contributed by atoms with E-state index in [-0.39, 0.29) is 29.2 Å². The minimum atomic E-state index is -3.03. The third kappa shape index (κ3) is 3.27. The van der Waals surface area contributed by atoms with Gasteiger partial charge in [0.25, 0.3) is 11.5 Å². The molecule has 10 nitrogen and oxygen atoms in total. The number of ether oxygens (including phenoxy) is 1. The number of nitrogens with zero attached hydrogens (tertiary/aromatic N) is 4. The van der Waals surface area contributed by atoms with E-state index in [9.17, 15) is 28.3 Å². The van der Waals surface area contributed by atoms with E-state index >= 15 is 0 Å². The Balaban J connectivity index is 1.92. The lowest BCUT2D eigenvalue weighted by Crippen LogP contribution is -2.63. The topological polar surface area (TPSA) is 127 Å². The first-order valence-corrected chi connectivity index (χ1v) is 8.08. The van der Waals surface area contributed by atoms with E-state index < -0.39 is 35.7 Å². The summed E-state index contributed by atoms with van der Waals surface area (Å²) in [5, 5.41) is 23.0. The van der Waals surface area contributed by atoms with Crippen molar-refractivity contribution in [3.63, 3.8) is 0 Å². The van der Waals surface area contributed by atoms with Crippen molar-refractivity contribution in [2.45, 2.75) is 25.2 Å². The largest absolute Gasteiger partial charge is 0.479 e. The number of carboxylic acid groups (broad SMARTS) is 1. The second-order valence-corrected chi connectivity index (χ2v) is 6.18. The van der Waals surface area contributed by atoms with E-state index in [1.807, 2.05) is 0 Å². The molecule has 0 aliphatic carbocycles. The number of aliphatic carboxylic acids is 1. The predicted molar refractivity (Wildman–Crippen MR) is 89.4 cm³/mol. The predicted octanol–water partition coefficient (Wildman–Crippen LogP) is -0.00350. The van der Waals surface area contributed by atoms with Crippen LogP contribution in [0, 0.1) is 0 Å². The van der Waals surface area contributed by atoms with Crippen LogP contribution in [0.15, 0.2) is 35.4 Å². The van der Waals surface area contributed by atoms with Crippen molar-refractivity contribution in [2.75, 3.05) is 18.1 Å². The molecular formula is C16H16F2N4O6. The van der Waals surface area contributed by atoms with Crippen molar-refractivity contribution in [3.05, 3.63) is 40.9 Å². The zero-order valence-electron chi connectivity index (χ0n) is 14.5. The van der Waals surface area contributed by atoms with Crippen molar-refractivity contribution >= 4 is 17.7 Å². The van der Waals surface area contributed by atoms with Gasteiger partial charge in [-0.15, -0.1) is 5.10 Å². The molecule has 1 aliphatic heterocycles. The highest BCUT2D eigenvalue weighted by Crippen LogP contribution is 2.27. The van der Waals surface area contributed by atoms with Gasteiger partial charge in [0.2, 0.25) is 0 Å². The lowest BCUT2D eigenvalue weighted by atomic mass is 9.95. The standard InChI is InChI=1S/C16H16F2N4O6/c1-16(12(24)13(25)26)14(27)20(6-7-28-16)10-4-5-22(19-10)9-2-3-11(23)21(8-9)15(17)18/h2-5,8,12,15,24H,6-7H2,1H3,(H,25,26)/t12?,16-/m1/s1. The first kappa shape index (κ1) is 19.6. The van der Waals surface area contributed by atoms with Gasteiger partial charge in [0, 0.05) is 24.5 Å². The molecular weight excluding hydrogens is 382 g/mol. The fourth-order valence-corrected chi connectivity index (χ4v) is 2.81. The fourth-order valence-electron chi connectivity index (χ4n) is 2.81. The molecule has 0 aromatic carbocycles. The molecule has 12 heteroatoms. The van der Waals surface area contributed by atoms with Gasteiger partial charge in [-0.05, 0) is 13.0 Å². The minimum absolute atomic E-state index is 0.0459. The molecule has 150 valence electrons. The number of carbonyl (C=O) groups is 2. The van der Waals surface area contributed by atoms with E-state index in [0.29, 0.717) is 0 Å². The monoisotopic (exact) mass is 398 g/mol. The second kappa shape index (κ2) is 7.13. The van der Waals surface area contributed by atoms with Crippen LogP contribution in [0.2, 0.25) is 0 Å². The number of amides is 1. The molecule has 2 atom stereocenters. The van der Waals surface area contributed by atoms with Gasteiger partial charge in [-0.1, -0.05) is 0 Å². The highest BCUT2D eigenvalue weighted by Gasteiger charge is 2.51. The SMILES string of the molecule is C[C@]1(C(O)C(=O)O)OCCN(c2ccn(-c3ccc(=O)n(C(F)F)c3)n2)C1=O. The molecule has 1 fully saturated rings. The summed E-state index contributed by atoms with van der Waals surface area (Å²) in [6.45, 7) is -1.86. The number of pyridine rings is 1. The third-order valence-corrected chi connectivity index (χ3v) is 4.39. The number of hydrogen-bond acceptors (Lipinski definition) is 6. The highest BCUT2D eigenvalue weighted by molar-refractivity contribution is 6.02. The number of aliphatic hydroxyl groups is 1. The van der Waals surface area contributed by atoms with Crippen LogP contribution in [0.4, 0.5) is 14.6 Å². The quantitative estimate of drug-likeness (QED) is 0.726. The third-order valence-electron chi connectivity index (χ3n) is 4.39. The maximum absolute atomic E-state index is 12.9. The summed E-state index contributed by atoms with van der Waals surface area (Å²) < 4.78 is 32.4. The molecule has 0 saturated carbocycles. The highest BCUT2D eigenvalue weighted by atomic mass is 19.3. The van der Waals surface area contributed by atoms with Crippen LogP contribution in [-0.4, -0.2) is 61.3 Å². The van der Waals surface area contributed by atoms with Gasteiger partial charge in [-0.2, -0.15) is 8.78 Å². The number of carbonyl (C=O) groups excluding carboxylic acids is 1. The van der Waals surface area contributed by atoms with E-state index in [1.165, 1.54) is 23.0 Å². The Morgan fingerprint density at radius 3 is 2.68 bits per heavy atom. The number of aliphatic hydroxyl groups excluding tert-OH is 1. The summed E-state index contributed by atoms with van der Waals surface area (Å²) in [7, 11) is 0. The molecule has 1 amide bonds. The average molecular weight is 398 g/mol. The van der Waals surface area contributed by atoms with Gasteiger partial charge in [-0.25, -0.2) is 9.48 Å². The second-order valence-electron chi connectivity index (χ2n) is 6.18. The van der Waals surface area contributed by atoms with E-state index in [2.05, 4.69) is 5.10 Å². The minimum Gasteiger partial charge on any atom is -0.479 e. The van der Waals surface area contributed by atoms with Crippen molar-refractivity contribution in [1.82, 2.24) is 14.3 Å². The summed E-state index contributed by atoms with van der Waals surface area (Å²) >= 11 is 0. The maximum atomic E-state index is 12.9. The number of morpholine rings is 1. The van der Waals surface area contributed by atoms with Crippen LogP contribution in [0.3, 0.4) is 0 Å². The van der Waals surface area contributed by atoms with Crippen LogP contribution in [0.1, 0.15) is 13.5 Å². The molecule has 3 heterocycles. The Morgan fingerprint density at radius 2 is 2.04 bits per heavy atom. The van der Waals surface area contributed by atoms with Gasteiger partial charge in [0.05, 0.1) is 18.8 Å². The average Bonchev–Trinajstić information content (AvgIpc) is 3.13. The number of alkyl halides is 2. The molecule has 0 bridgehead atoms. The van der Waals surface area contributed by atoms with E-state index in [1.54, 1.807) is 0 Å². The Hall–Kier alpha value is -3.12. The maximum Gasteiger partial charge on any atom is 0.336 e. The summed E-state index contributed by atoms with van der Waals surface area (Å²) in [5.74, 6) is -2.32. The molecule has 0 spiro atoms. The lowest BCUT2D eigenvalue weighted by molar-refractivity contribution is -0.181. The normalized spacial score (nSPS) is 21.2. The number of aromatic nitrogens is 3. The Labute approximate surface area is 156 Å². The summed E-state index contributed by atoms with van der Waals surface area (Å²) in [5.41, 5.74) is -2.73. The van der Waals surface area contributed by atoms with Gasteiger partial charge < -0.3 is 14.9 Å². The number of carboxylic acids is 1. The van der Waals surface area contributed by atoms with Gasteiger partial charge in [0.15, 0.2) is 17.5 Å². The Morgan fingerprint density at radius 1 is 1.32 bits per heavy atom. The smallest absolute Gasteiger partial charge is 0.336 e. The fraction of sp³-hybridized carbons (Fsp3) is 0.375. The van der Waals surface area contributed by atoms with Gasteiger partial charge >= 0.3 is 12.5 Å². The van der Waals surface area contributed by atoms with Crippen LogP contribution < -0.4 is 10.5 Å². The summed E-state index contributed by atoms with van der Waals surface area (Å²) in [4.78, 5) is 36.4. The van der Waals surface area contributed by atoms with Crippen molar-refractivity contribution in [3.8, 4) is 5.69 Å². The molecule has 2 aromatic rings. The molecule has 2 aromatic heterocycles. The van der Waals surface area contributed by atoms with Crippen LogP contribution in [0.25, 0.3) is 5.69 Å². The number of halogens is 2. The van der Waals surface area contributed by atoms with Crippen molar-refractivity contribution < 1.29 is 33.3 Å². The van der Waals surface area contributed by atoms with E-state index in [0.717, 1.165) is 24.1 Å². The molecule has 0 radical (unpaired) electrons. The van der Waals surface area contributed by atoms with Crippen LogP contribution in [-0.2, 0) is 14.3 Å². The van der Waals surface area contributed by atoms with Crippen LogP contribution in [0.5, 0.6) is 0 Å². The molecule has 1 unspecified atom stereocenters. The molecule has 3 rings (SSSR count). The first-order chi connectivity index (χ1) is 13.1. The Bertz CT molecular complexity index is 974. The number of anilines is 1. The van der Waals surface area contributed by atoms with E-state index in [4.69, 9.17) is 9.84 Å². The van der Waals surface area contributed by atoms with Crippen LogP contribution >= 0.6 is 0 Å². The van der Waals surface area contributed by atoms with Crippen molar-refractivity contribution in [1.29, 1.82) is 0 Å². The molecule has 1 saturated heterocycles. The summed E-state index contributed by atoms with van der Waals surface area (Å²) in [6.07, 6.45) is 0.224.